The zero-order valence-corrected chi connectivity index (χ0v) is 15.7. The van der Waals surface area contributed by atoms with Crippen LogP contribution < -0.4 is 10.2 Å². The Bertz CT molecular complexity index is 807. The van der Waals surface area contributed by atoms with Crippen LogP contribution >= 0.6 is 11.8 Å². The molecule has 1 aliphatic heterocycles. The van der Waals surface area contributed by atoms with Crippen LogP contribution in [0.5, 0.6) is 0 Å². The van der Waals surface area contributed by atoms with E-state index < -0.39 is 0 Å². The van der Waals surface area contributed by atoms with Crippen molar-refractivity contribution in [3.63, 3.8) is 0 Å². The maximum absolute atomic E-state index is 12.6. The van der Waals surface area contributed by atoms with Crippen molar-refractivity contribution >= 4 is 35.0 Å². The van der Waals surface area contributed by atoms with E-state index in [2.05, 4.69) is 15.5 Å². The number of benzene rings is 1. The summed E-state index contributed by atoms with van der Waals surface area (Å²) < 4.78 is 5.68. The van der Waals surface area contributed by atoms with E-state index in [1.54, 1.807) is 6.07 Å². The van der Waals surface area contributed by atoms with Crippen LogP contribution in [0.4, 0.5) is 11.4 Å². The number of amides is 2. The van der Waals surface area contributed by atoms with Gasteiger partial charge in [0.2, 0.25) is 17.7 Å². The van der Waals surface area contributed by atoms with Crippen LogP contribution in [0, 0.1) is 0 Å². The number of hydrogen-bond acceptors (Lipinski definition) is 7. The van der Waals surface area contributed by atoms with E-state index >= 15 is 0 Å². The summed E-state index contributed by atoms with van der Waals surface area (Å²) in [6.07, 6.45) is 0.845. The summed E-state index contributed by atoms with van der Waals surface area (Å²) in [6, 6.07) is 7.28. The molecule has 1 N–H and O–H groups in total. The first-order valence-electron chi connectivity index (χ1n) is 8.31. The number of rotatable bonds is 6. The predicted octanol–water partition coefficient (Wildman–Crippen LogP) is 2.16. The van der Waals surface area contributed by atoms with Gasteiger partial charge in [0.05, 0.1) is 23.2 Å². The van der Waals surface area contributed by atoms with Crippen molar-refractivity contribution in [2.75, 3.05) is 36.6 Å². The van der Waals surface area contributed by atoms with E-state index in [9.17, 15) is 9.59 Å². The van der Waals surface area contributed by atoms with Crippen molar-refractivity contribution in [3.8, 4) is 0 Å². The van der Waals surface area contributed by atoms with Crippen LogP contribution in [0.2, 0.25) is 0 Å². The number of fused-ring (bicyclic) bond motifs is 1. The number of carbonyl (C=O) groups excluding carboxylic acids is 2. The maximum Gasteiger partial charge on any atom is 0.277 e. The Hall–Kier alpha value is -2.39. The number of para-hydroxylation sites is 2. The van der Waals surface area contributed by atoms with Crippen molar-refractivity contribution in [2.24, 2.45) is 0 Å². The highest BCUT2D eigenvalue weighted by Crippen LogP contribution is 2.30. The molecular formula is C17H21N5O3S. The summed E-state index contributed by atoms with van der Waals surface area (Å²) in [5, 5.41) is 11.2. The van der Waals surface area contributed by atoms with E-state index in [0.29, 0.717) is 22.5 Å². The van der Waals surface area contributed by atoms with E-state index in [-0.39, 0.29) is 30.2 Å². The number of thioether (sulfide) groups is 1. The molecule has 2 aromatic rings. The van der Waals surface area contributed by atoms with Crippen LogP contribution in [-0.4, -0.2) is 53.3 Å². The quantitative estimate of drug-likeness (QED) is 0.774. The normalized spacial score (nSPS) is 14.9. The molecule has 138 valence electrons. The van der Waals surface area contributed by atoms with E-state index in [0.717, 1.165) is 6.42 Å². The lowest BCUT2D eigenvalue weighted by molar-refractivity contribution is -0.120. The Morgan fingerprint density at radius 2 is 2.15 bits per heavy atom. The van der Waals surface area contributed by atoms with Crippen LogP contribution in [0.15, 0.2) is 33.9 Å². The SMILES string of the molecule is CC[C@H](c1nnc(SCC(=O)N2CC(=O)Nc3ccccc32)o1)N(C)C. The molecule has 1 aromatic heterocycles. The molecule has 3 rings (SSSR count). The first-order chi connectivity index (χ1) is 12.5. The zero-order valence-electron chi connectivity index (χ0n) is 14.9. The topological polar surface area (TPSA) is 91.6 Å². The van der Waals surface area contributed by atoms with Crippen molar-refractivity contribution < 1.29 is 14.0 Å². The van der Waals surface area contributed by atoms with Crippen LogP contribution in [0.3, 0.4) is 0 Å². The van der Waals surface area contributed by atoms with Crippen molar-refractivity contribution in [1.82, 2.24) is 15.1 Å². The lowest BCUT2D eigenvalue weighted by Gasteiger charge is -2.28. The Morgan fingerprint density at radius 1 is 1.38 bits per heavy atom. The molecule has 0 saturated carbocycles. The number of nitrogens with one attached hydrogen (secondary N) is 1. The lowest BCUT2D eigenvalue weighted by atomic mass is 10.2. The molecule has 26 heavy (non-hydrogen) atoms. The zero-order chi connectivity index (χ0) is 18.7. The minimum absolute atomic E-state index is 0.00400. The number of anilines is 2. The first-order valence-corrected chi connectivity index (χ1v) is 9.30. The third kappa shape index (κ3) is 3.88. The second-order valence-electron chi connectivity index (χ2n) is 6.13. The van der Waals surface area contributed by atoms with Gasteiger partial charge >= 0.3 is 0 Å². The maximum atomic E-state index is 12.6. The highest BCUT2D eigenvalue weighted by atomic mass is 32.2. The van der Waals surface area contributed by atoms with Gasteiger partial charge < -0.3 is 14.6 Å². The summed E-state index contributed by atoms with van der Waals surface area (Å²) in [6.45, 7) is 2.05. The molecule has 0 fully saturated rings. The summed E-state index contributed by atoms with van der Waals surface area (Å²) >= 11 is 1.18. The molecule has 0 saturated heterocycles. The van der Waals surface area contributed by atoms with E-state index in [1.165, 1.54) is 16.7 Å². The molecule has 0 radical (unpaired) electrons. The van der Waals surface area contributed by atoms with Gasteiger partial charge in [0.1, 0.15) is 6.54 Å². The Morgan fingerprint density at radius 3 is 2.88 bits per heavy atom. The second-order valence-corrected chi connectivity index (χ2v) is 7.05. The lowest BCUT2D eigenvalue weighted by Crippen LogP contribution is -2.43. The summed E-state index contributed by atoms with van der Waals surface area (Å²) in [4.78, 5) is 27.9. The monoisotopic (exact) mass is 375 g/mol. The van der Waals surface area contributed by atoms with Gasteiger partial charge in [0.15, 0.2) is 0 Å². The fourth-order valence-electron chi connectivity index (χ4n) is 2.83. The average Bonchev–Trinajstić information content (AvgIpc) is 3.07. The van der Waals surface area contributed by atoms with Gasteiger partial charge in [-0.2, -0.15) is 0 Å². The van der Waals surface area contributed by atoms with Crippen molar-refractivity contribution in [1.29, 1.82) is 0 Å². The van der Waals surface area contributed by atoms with Gasteiger partial charge in [-0.05, 0) is 32.6 Å². The van der Waals surface area contributed by atoms with Gasteiger partial charge in [-0.15, -0.1) is 10.2 Å². The molecule has 1 aliphatic rings. The number of carbonyl (C=O) groups is 2. The van der Waals surface area contributed by atoms with E-state index in [1.807, 2.05) is 44.1 Å². The Labute approximate surface area is 155 Å². The smallest absolute Gasteiger partial charge is 0.277 e. The van der Waals surface area contributed by atoms with Crippen molar-refractivity contribution in [3.05, 3.63) is 30.2 Å². The molecular weight excluding hydrogens is 354 g/mol. The standard InChI is InChI=1S/C17H21N5O3S/c1-4-12(21(2)3)16-19-20-17(25-16)26-10-15(24)22-9-14(23)18-11-7-5-6-8-13(11)22/h5-8,12H,4,9-10H2,1-3H3,(H,18,23)/t12-/m1/s1. The Kier molecular flexibility index (Phi) is 5.58. The van der Waals surface area contributed by atoms with Crippen molar-refractivity contribution in [2.45, 2.75) is 24.6 Å². The van der Waals surface area contributed by atoms with Crippen LogP contribution in [0.1, 0.15) is 25.3 Å². The third-order valence-electron chi connectivity index (χ3n) is 4.11. The Balaban J connectivity index is 1.67. The molecule has 9 heteroatoms. The van der Waals surface area contributed by atoms with Gasteiger partial charge in [0.25, 0.3) is 5.22 Å². The highest BCUT2D eigenvalue weighted by molar-refractivity contribution is 7.99. The second kappa shape index (κ2) is 7.88. The van der Waals surface area contributed by atoms with Gasteiger partial charge in [-0.25, -0.2) is 0 Å². The fourth-order valence-corrected chi connectivity index (χ4v) is 3.48. The molecule has 0 spiro atoms. The minimum atomic E-state index is -0.209. The average molecular weight is 375 g/mol. The molecule has 2 heterocycles. The molecule has 0 bridgehead atoms. The number of aromatic nitrogens is 2. The molecule has 1 aromatic carbocycles. The van der Waals surface area contributed by atoms with Gasteiger partial charge in [0, 0.05) is 0 Å². The molecule has 2 amide bonds. The fraction of sp³-hybridized carbons (Fsp3) is 0.412. The minimum Gasteiger partial charge on any atom is -0.414 e. The summed E-state index contributed by atoms with van der Waals surface area (Å²) in [5.74, 6) is 0.257. The molecule has 1 atom stereocenters. The number of nitrogens with zero attached hydrogens (tertiary/aromatic N) is 4. The summed E-state index contributed by atoms with van der Waals surface area (Å²) in [7, 11) is 3.90. The third-order valence-corrected chi connectivity index (χ3v) is 4.91. The molecule has 8 nitrogen and oxygen atoms in total. The molecule has 0 aliphatic carbocycles. The van der Waals surface area contributed by atoms with E-state index in [4.69, 9.17) is 4.42 Å². The number of hydrogen-bond donors (Lipinski definition) is 1. The van der Waals surface area contributed by atoms with Crippen LogP contribution in [-0.2, 0) is 9.59 Å². The van der Waals surface area contributed by atoms with Gasteiger partial charge in [-0.1, -0.05) is 30.8 Å². The van der Waals surface area contributed by atoms with Gasteiger partial charge in [-0.3, -0.25) is 14.5 Å². The molecule has 0 unspecified atom stereocenters. The predicted molar refractivity (Wildman–Crippen MR) is 99.2 cm³/mol. The largest absolute Gasteiger partial charge is 0.414 e. The highest BCUT2D eigenvalue weighted by Gasteiger charge is 2.27. The van der Waals surface area contributed by atoms with Crippen LogP contribution in [0.25, 0.3) is 0 Å². The summed E-state index contributed by atoms with van der Waals surface area (Å²) in [5.41, 5.74) is 1.33. The first kappa shape index (κ1) is 18.4.